The maximum Gasteiger partial charge on any atom is 0.396 e. The van der Waals surface area contributed by atoms with E-state index in [9.17, 15) is 13.2 Å². The van der Waals surface area contributed by atoms with Gasteiger partial charge in [0.15, 0.2) is 5.82 Å². The van der Waals surface area contributed by atoms with Gasteiger partial charge in [-0.15, -0.1) is 0 Å². The van der Waals surface area contributed by atoms with E-state index in [0.717, 1.165) is 0 Å². The number of aromatic nitrogens is 2. The number of rotatable bonds is 3. The van der Waals surface area contributed by atoms with E-state index in [4.69, 9.17) is 5.26 Å². The van der Waals surface area contributed by atoms with Gasteiger partial charge in [0.25, 0.3) is 0 Å². The van der Waals surface area contributed by atoms with Gasteiger partial charge in [0.05, 0.1) is 12.0 Å². The molecule has 1 heterocycles. The van der Waals surface area contributed by atoms with Crippen molar-refractivity contribution < 1.29 is 17.7 Å². The Morgan fingerprint density at radius 1 is 1.53 bits per heavy atom. The number of hydrogen-bond donors (Lipinski definition) is 0. The first-order valence-electron chi connectivity index (χ1n) is 4.18. The van der Waals surface area contributed by atoms with Gasteiger partial charge in [0.2, 0.25) is 5.89 Å². The Hall–Kier alpha value is -1.58. The minimum Gasteiger partial charge on any atom is -0.339 e. The Kier molecular flexibility index (Phi) is 3.29. The van der Waals surface area contributed by atoms with Gasteiger partial charge in [-0.2, -0.15) is 23.4 Å². The average Bonchev–Trinajstić information content (AvgIpc) is 2.49. The van der Waals surface area contributed by atoms with E-state index in [1.54, 1.807) is 6.92 Å². The molecule has 15 heavy (non-hydrogen) atoms. The smallest absolute Gasteiger partial charge is 0.339 e. The summed E-state index contributed by atoms with van der Waals surface area (Å²) in [5, 5.41) is 11.6. The van der Waals surface area contributed by atoms with E-state index in [1.165, 1.54) is 0 Å². The van der Waals surface area contributed by atoms with Crippen molar-refractivity contribution in [3.05, 3.63) is 11.7 Å². The van der Waals surface area contributed by atoms with Crippen LogP contribution < -0.4 is 0 Å². The van der Waals surface area contributed by atoms with Crippen molar-refractivity contribution in [3.8, 4) is 6.07 Å². The lowest BCUT2D eigenvalue weighted by Crippen LogP contribution is -2.12. The van der Waals surface area contributed by atoms with E-state index < -0.39 is 18.4 Å². The number of hydrogen-bond acceptors (Lipinski definition) is 4. The maximum absolute atomic E-state index is 11.9. The predicted octanol–water partition coefficient (Wildman–Crippen LogP) is 1.88. The molecule has 4 nitrogen and oxygen atoms in total. The SMILES string of the molecule is CC(C#N)Cc1nc(CC(F)(F)F)no1. The highest BCUT2D eigenvalue weighted by Gasteiger charge is 2.30. The Bertz CT molecular complexity index is 366. The number of nitrogens with zero attached hydrogens (tertiary/aromatic N) is 3. The van der Waals surface area contributed by atoms with Gasteiger partial charge in [0, 0.05) is 6.42 Å². The molecule has 82 valence electrons. The highest BCUT2D eigenvalue weighted by atomic mass is 19.4. The molecule has 0 radical (unpaired) electrons. The first-order chi connectivity index (χ1) is 6.90. The fourth-order valence-electron chi connectivity index (χ4n) is 0.932. The summed E-state index contributed by atoms with van der Waals surface area (Å²) in [6.45, 7) is 1.62. The van der Waals surface area contributed by atoms with Crippen molar-refractivity contribution in [2.75, 3.05) is 0 Å². The van der Waals surface area contributed by atoms with Crippen molar-refractivity contribution in [2.24, 2.45) is 5.92 Å². The first kappa shape index (κ1) is 11.5. The van der Waals surface area contributed by atoms with Crippen molar-refractivity contribution in [1.29, 1.82) is 5.26 Å². The Labute approximate surface area is 83.7 Å². The molecule has 1 unspecified atom stereocenters. The van der Waals surface area contributed by atoms with Gasteiger partial charge >= 0.3 is 6.18 Å². The minimum atomic E-state index is -4.35. The Morgan fingerprint density at radius 2 is 2.20 bits per heavy atom. The third kappa shape index (κ3) is 3.97. The summed E-state index contributed by atoms with van der Waals surface area (Å²) >= 11 is 0. The average molecular weight is 219 g/mol. The van der Waals surface area contributed by atoms with E-state index >= 15 is 0 Å². The van der Waals surface area contributed by atoms with Gasteiger partial charge in [-0.05, 0) is 6.92 Å². The summed E-state index contributed by atoms with van der Waals surface area (Å²) in [4.78, 5) is 3.53. The molecule has 0 aliphatic rings. The second-order valence-corrected chi connectivity index (χ2v) is 3.13. The molecule has 0 aliphatic carbocycles. The fourth-order valence-corrected chi connectivity index (χ4v) is 0.932. The summed E-state index contributed by atoms with van der Waals surface area (Å²) in [5.41, 5.74) is 0. The van der Waals surface area contributed by atoms with Crippen LogP contribution in [0.15, 0.2) is 4.52 Å². The summed E-state index contributed by atoms with van der Waals surface area (Å²) < 4.78 is 40.3. The second-order valence-electron chi connectivity index (χ2n) is 3.13. The summed E-state index contributed by atoms with van der Waals surface area (Å²) in [6.07, 6.45) is -5.39. The molecule has 0 N–H and O–H groups in total. The normalized spacial score (nSPS) is 13.5. The topological polar surface area (TPSA) is 62.7 Å². The molecule has 0 amide bonds. The highest BCUT2D eigenvalue weighted by molar-refractivity contribution is 4.93. The summed E-state index contributed by atoms with van der Waals surface area (Å²) in [6, 6.07) is 1.92. The quantitative estimate of drug-likeness (QED) is 0.778. The van der Waals surface area contributed by atoms with Gasteiger partial charge in [0.1, 0.15) is 6.42 Å². The molecule has 1 aromatic heterocycles. The van der Waals surface area contributed by atoms with Crippen LogP contribution in [-0.4, -0.2) is 16.3 Å². The zero-order valence-corrected chi connectivity index (χ0v) is 7.88. The van der Waals surface area contributed by atoms with Crippen molar-refractivity contribution in [1.82, 2.24) is 10.1 Å². The Balaban J connectivity index is 2.61. The van der Waals surface area contributed by atoms with Gasteiger partial charge in [-0.3, -0.25) is 0 Å². The van der Waals surface area contributed by atoms with E-state index in [0.29, 0.717) is 0 Å². The highest BCUT2D eigenvalue weighted by Crippen LogP contribution is 2.19. The molecular formula is C8H8F3N3O. The first-order valence-corrected chi connectivity index (χ1v) is 4.18. The van der Waals surface area contributed by atoms with Crippen molar-refractivity contribution >= 4 is 0 Å². The van der Waals surface area contributed by atoms with Crippen molar-refractivity contribution in [3.63, 3.8) is 0 Å². The Morgan fingerprint density at radius 3 is 2.73 bits per heavy atom. The van der Waals surface area contributed by atoms with Gasteiger partial charge in [-0.1, -0.05) is 5.16 Å². The number of nitriles is 1. The molecule has 0 aromatic carbocycles. The third-order valence-corrected chi connectivity index (χ3v) is 1.57. The van der Waals surface area contributed by atoms with Crippen LogP contribution >= 0.6 is 0 Å². The molecule has 0 saturated carbocycles. The van der Waals surface area contributed by atoms with Crippen LogP contribution in [0.5, 0.6) is 0 Å². The monoisotopic (exact) mass is 219 g/mol. The zero-order chi connectivity index (χ0) is 11.5. The van der Waals surface area contributed by atoms with E-state index in [2.05, 4.69) is 14.7 Å². The largest absolute Gasteiger partial charge is 0.396 e. The molecular weight excluding hydrogens is 211 g/mol. The summed E-state index contributed by atoms with van der Waals surface area (Å²) in [7, 11) is 0. The molecule has 0 fully saturated rings. The van der Waals surface area contributed by atoms with Crippen LogP contribution in [0, 0.1) is 17.2 Å². The molecule has 1 aromatic rings. The molecule has 0 aliphatic heterocycles. The standard InChI is InChI=1S/C8H8F3N3O/c1-5(4-12)2-7-13-6(14-15-7)3-8(9,10)11/h5H,2-3H2,1H3. The summed E-state index contributed by atoms with van der Waals surface area (Å²) in [5.74, 6) is -0.699. The zero-order valence-electron chi connectivity index (χ0n) is 7.88. The van der Waals surface area contributed by atoms with Crippen LogP contribution in [0.1, 0.15) is 18.6 Å². The predicted molar refractivity (Wildman–Crippen MR) is 42.5 cm³/mol. The molecule has 0 spiro atoms. The number of alkyl halides is 3. The molecule has 0 bridgehead atoms. The maximum atomic E-state index is 11.9. The van der Waals surface area contributed by atoms with Crippen LogP contribution in [0.4, 0.5) is 13.2 Å². The van der Waals surface area contributed by atoms with Crippen molar-refractivity contribution in [2.45, 2.75) is 25.9 Å². The van der Waals surface area contributed by atoms with Crippen LogP contribution in [0.2, 0.25) is 0 Å². The third-order valence-electron chi connectivity index (χ3n) is 1.57. The van der Waals surface area contributed by atoms with Crippen LogP contribution in [0.25, 0.3) is 0 Å². The lowest BCUT2D eigenvalue weighted by molar-refractivity contribution is -0.128. The molecule has 7 heteroatoms. The van der Waals surface area contributed by atoms with Gasteiger partial charge in [-0.25, -0.2) is 0 Å². The lowest BCUT2D eigenvalue weighted by Gasteiger charge is -1.99. The second kappa shape index (κ2) is 4.29. The van der Waals surface area contributed by atoms with Crippen LogP contribution in [0.3, 0.4) is 0 Å². The molecule has 1 atom stereocenters. The lowest BCUT2D eigenvalue weighted by atomic mass is 10.1. The minimum absolute atomic E-state index is 0.0586. The number of halogens is 3. The van der Waals surface area contributed by atoms with E-state index in [1.807, 2.05) is 6.07 Å². The fraction of sp³-hybridized carbons (Fsp3) is 0.625. The molecule has 0 saturated heterocycles. The van der Waals surface area contributed by atoms with E-state index in [-0.39, 0.29) is 18.2 Å². The van der Waals surface area contributed by atoms with Crippen LogP contribution in [-0.2, 0) is 12.8 Å². The molecule has 1 rings (SSSR count). The van der Waals surface area contributed by atoms with Gasteiger partial charge < -0.3 is 4.52 Å².